The predicted octanol–water partition coefficient (Wildman–Crippen LogP) is 1.44. The molecule has 3 atom stereocenters. The maximum absolute atomic E-state index is 10.9. The second-order valence-electron chi connectivity index (χ2n) is 4.71. The Kier molecular flexibility index (Phi) is 2.98. The molecule has 4 nitrogen and oxygen atoms in total. The van der Waals surface area contributed by atoms with Crippen LogP contribution in [0.3, 0.4) is 0 Å². The molecule has 2 heterocycles. The highest BCUT2D eigenvalue weighted by molar-refractivity contribution is 5.72. The second-order valence-corrected chi connectivity index (χ2v) is 4.71. The summed E-state index contributed by atoms with van der Waals surface area (Å²) in [4.78, 5) is 10.9. The summed E-state index contributed by atoms with van der Waals surface area (Å²) in [5.41, 5.74) is -0.294. The monoisotopic (exact) mass is 214 g/mol. The summed E-state index contributed by atoms with van der Waals surface area (Å²) in [6.07, 6.45) is 2.89. The molecule has 2 aliphatic rings. The topological polar surface area (TPSA) is 55.8 Å². The van der Waals surface area contributed by atoms with Gasteiger partial charge in [0.1, 0.15) is 0 Å². The summed E-state index contributed by atoms with van der Waals surface area (Å²) < 4.78 is 11.1. The second kappa shape index (κ2) is 4.10. The van der Waals surface area contributed by atoms with Crippen LogP contribution < -0.4 is 0 Å². The number of carboxylic acid groups (broad SMARTS) is 1. The van der Waals surface area contributed by atoms with Crippen LogP contribution >= 0.6 is 0 Å². The highest BCUT2D eigenvalue weighted by Gasteiger charge is 2.43. The molecule has 0 bridgehead atoms. The lowest BCUT2D eigenvalue weighted by Crippen LogP contribution is -2.46. The Morgan fingerprint density at radius 1 is 1.47 bits per heavy atom. The summed E-state index contributed by atoms with van der Waals surface area (Å²) >= 11 is 0. The Balaban J connectivity index is 2.03. The maximum Gasteiger partial charge on any atom is 0.332 e. The van der Waals surface area contributed by atoms with Gasteiger partial charge in [-0.15, -0.1) is 0 Å². The van der Waals surface area contributed by atoms with Crippen LogP contribution in [0.15, 0.2) is 0 Å². The van der Waals surface area contributed by atoms with Crippen LogP contribution in [-0.4, -0.2) is 36.0 Å². The van der Waals surface area contributed by atoms with Crippen LogP contribution in [0.4, 0.5) is 0 Å². The molecule has 0 aromatic carbocycles. The van der Waals surface area contributed by atoms with Crippen LogP contribution in [0.5, 0.6) is 0 Å². The largest absolute Gasteiger partial charge is 0.479 e. The van der Waals surface area contributed by atoms with Crippen LogP contribution in [0.2, 0.25) is 0 Å². The molecule has 0 aromatic heterocycles. The molecule has 0 amide bonds. The zero-order valence-corrected chi connectivity index (χ0v) is 9.07. The first-order valence-electron chi connectivity index (χ1n) is 5.60. The van der Waals surface area contributed by atoms with Crippen molar-refractivity contribution in [3.8, 4) is 0 Å². The van der Waals surface area contributed by atoms with Gasteiger partial charge in [0.25, 0.3) is 0 Å². The molecule has 0 radical (unpaired) electrons. The lowest BCUT2D eigenvalue weighted by atomic mass is 9.81. The standard InChI is InChI=1S/C11H18O4/c1-11(8-4-6-14-7-8)5-2-3-9(15-11)10(12)13/h8-9H,2-7H2,1H3,(H,12,13). The lowest BCUT2D eigenvalue weighted by Gasteiger charge is -2.40. The van der Waals surface area contributed by atoms with Gasteiger partial charge in [0.2, 0.25) is 0 Å². The minimum absolute atomic E-state index is 0.294. The zero-order valence-electron chi connectivity index (χ0n) is 9.07. The van der Waals surface area contributed by atoms with Gasteiger partial charge < -0.3 is 14.6 Å². The third-order valence-electron chi connectivity index (χ3n) is 3.62. The van der Waals surface area contributed by atoms with Crippen molar-refractivity contribution in [1.29, 1.82) is 0 Å². The number of rotatable bonds is 2. The summed E-state index contributed by atoms with van der Waals surface area (Å²) in [6, 6.07) is 0. The first kappa shape index (κ1) is 10.9. The summed E-state index contributed by atoms with van der Waals surface area (Å²) in [6.45, 7) is 3.52. The fraction of sp³-hybridized carbons (Fsp3) is 0.909. The van der Waals surface area contributed by atoms with Crippen LogP contribution in [0, 0.1) is 5.92 Å². The van der Waals surface area contributed by atoms with E-state index in [2.05, 4.69) is 0 Å². The molecular formula is C11H18O4. The van der Waals surface area contributed by atoms with Crippen molar-refractivity contribution in [2.45, 2.75) is 44.3 Å². The average Bonchev–Trinajstić information content (AvgIpc) is 2.71. The van der Waals surface area contributed by atoms with Gasteiger partial charge in [0.05, 0.1) is 12.2 Å². The van der Waals surface area contributed by atoms with Gasteiger partial charge >= 0.3 is 5.97 Å². The van der Waals surface area contributed by atoms with E-state index in [0.717, 1.165) is 25.9 Å². The van der Waals surface area contributed by atoms with Crippen molar-refractivity contribution in [2.75, 3.05) is 13.2 Å². The van der Waals surface area contributed by atoms with E-state index in [4.69, 9.17) is 14.6 Å². The Morgan fingerprint density at radius 2 is 2.27 bits per heavy atom. The smallest absolute Gasteiger partial charge is 0.332 e. The van der Waals surface area contributed by atoms with Crippen molar-refractivity contribution in [3.63, 3.8) is 0 Å². The maximum atomic E-state index is 10.9. The Bertz CT molecular complexity index is 247. The van der Waals surface area contributed by atoms with Gasteiger partial charge in [0.15, 0.2) is 6.10 Å². The number of ether oxygens (including phenoxy) is 2. The average molecular weight is 214 g/mol. The quantitative estimate of drug-likeness (QED) is 0.755. The van der Waals surface area contributed by atoms with Crippen molar-refractivity contribution >= 4 is 5.97 Å². The summed E-state index contributed by atoms with van der Waals surface area (Å²) in [7, 11) is 0. The van der Waals surface area contributed by atoms with Crippen molar-refractivity contribution in [2.24, 2.45) is 5.92 Å². The Morgan fingerprint density at radius 3 is 2.87 bits per heavy atom. The third-order valence-corrected chi connectivity index (χ3v) is 3.62. The van der Waals surface area contributed by atoms with Gasteiger partial charge in [0, 0.05) is 12.5 Å². The number of hydrogen-bond donors (Lipinski definition) is 1. The molecular weight excluding hydrogens is 196 g/mol. The van der Waals surface area contributed by atoms with E-state index in [9.17, 15) is 4.79 Å². The molecule has 2 aliphatic heterocycles. The van der Waals surface area contributed by atoms with Crippen molar-refractivity contribution < 1.29 is 19.4 Å². The fourth-order valence-electron chi connectivity index (χ4n) is 2.57. The third kappa shape index (κ3) is 2.16. The molecule has 2 saturated heterocycles. The first-order chi connectivity index (χ1) is 7.12. The minimum Gasteiger partial charge on any atom is -0.479 e. The van der Waals surface area contributed by atoms with Gasteiger partial charge in [-0.3, -0.25) is 0 Å². The molecule has 86 valence electrons. The number of hydrogen-bond acceptors (Lipinski definition) is 3. The van der Waals surface area contributed by atoms with Crippen molar-refractivity contribution in [3.05, 3.63) is 0 Å². The van der Waals surface area contributed by atoms with Gasteiger partial charge in [-0.2, -0.15) is 0 Å². The van der Waals surface area contributed by atoms with E-state index < -0.39 is 12.1 Å². The lowest BCUT2D eigenvalue weighted by molar-refractivity contribution is -0.182. The zero-order chi connectivity index (χ0) is 10.9. The van der Waals surface area contributed by atoms with E-state index in [1.807, 2.05) is 6.92 Å². The number of carbonyl (C=O) groups is 1. The number of carboxylic acids is 1. The van der Waals surface area contributed by atoms with Crippen LogP contribution in [0.1, 0.15) is 32.6 Å². The van der Waals surface area contributed by atoms with Crippen LogP contribution in [-0.2, 0) is 14.3 Å². The molecule has 0 aliphatic carbocycles. The SMILES string of the molecule is CC1(C2CCOC2)CCCC(C(=O)O)O1. The molecule has 0 saturated carbocycles. The fourth-order valence-corrected chi connectivity index (χ4v) is 2.57. The Hall–Kier alpha value is -0.610. The molecule has 2 fully saturated rings. The van der Waals surface area contributed by atoms with Gasteiger partial charge in [-0.25, -0.2) is 4.79 Å². The molecule has 0 spiro atoms. The first-order valence-corrected chi connectivity index (χ1v) is 5.60. The molecule has 3 unspecified atom stereocenters. The van der Waals surface area contributed by atoms with E-state index in [1.165, 1.54) is 0 Å². The minimum atomic E-state index is -0.833. The van der Waals surface area contributed by atoms with E-state index in [1.54, 1.807) is 0 Å². The molecule has 2 rings (SSSR count). The molecule has 0 aromatic rings. The highest BCUT2D eigenvalue weighted by Crippen LogP contribution is 2.38. The van der Waals surface area contributed by atoms with Crippen molar-refractivity contribution in [1.82, 2.24) is 0 Å². The predicted molar refractivity (Wildman–Crippen MR) is 53.7 cm³/mol. The van der Waals surface area contributed by atoms with Gasteiger partial charge in [-0.1, -0.05) is 0 Å². The summed E-state index contributed by atoms with van der Waals surface area (Å²) in [5, 5.41) is 8.96. The van der Waals surface area contributed by atoms with E-state index in [0.29, 0.717) is 18.9 Å². The van der Waals surface area contributed by atoms with Crippen LogP contribution in [0.25, 0.3) is 0 Å². The van der Waals surface area contributed by atoms with E-state index in [-0.39, 0.29) is 5.60 Å². The molecule has 15 heavy (non-hydrogen) atoms. The summed E-state index contributed by atoms with van der Waals surface area (Å²) in [5.74, 6) is -0.473. The molecule has 4 heteroatoms. The van der Waals surface area contributed by atoms with E-state index >= 15 is 0 Å². The highest BCUT2D eigenvalue weighted by atomic mass is 16.5. The Labute approximate surface area is 89.6 Å². The number of aliphatic carboxylic acids is 1. The normalized spacial score (nSPS) is 41.7. The molecule has 1 N–H and O–H groups in total. The van der Waals surface area contributed by atoms with Gasteiger partial charge in [-0.05, 0) is 32.6 Å².